The minimum absolute atomic E-state index is 0.0130. The summed E-state index contributed by atoms with van der Waals surface area (Å²) in [6.07, 6.45) is -1.14. The first-order valence-electron chi connectivity index (χ1n) is 3.74. The molecule has 0 aliphatic heterocycles. The fraction of sp³-hybridized carbons (Fsp3) is 0.286. The molecule has 1 aromatic heterocycles. The van der Waals surface area contributed by atoms with Crippen LogP contribution in [0, 0.1) is 10.1 Å². The Bertz CT molecular complexity index is 362. The van der Waals surface area contributed by atoms with Crippen LogP contribution in [0.4, 0.5) is 9.80 Å². The maximum absolute atomic E-state index is 10.3. The van der Waals surface area contributed by atoms with E-state index in [9.17, 15) is 14.9 Å². The van der Waals surface area contributed by atoms with Crippen molar-refractivity contribution in [2.24, 2.45) is 0 Å². The van der Waals surface area contributed by atoms with Crippen LogP contribution in [0.25, 0.3) is 0 Å². The molecular formula is C7H8N2O4S. The van der Waals surface area contributed by atoms with Crippen molar-refractivity contribution in [1.29, 1.82) is 0 Å². The molecular weight excluding hydrogens is 208 g/mol. The van der Waals surface area contributed by atoms with Gasteiger partial charge in [0.15, 0.2) is 0 Å². The maximum atomic E-state index is 10.3. The summed E-state index contributed by atoms with van der Waals surface area (Å²) >= 11 is 0.966. The van der Waals surface area contributed by atoms with Crippen LogP contribution in [0.3, 0.4) is 0 Å². The molecule has 0 spiro atoms. The molecule has 7 heteroatoms. The van der Waals surface area contributed by atoms with E-state index in [1.807, 2.05) is 0 Å². The highest BCUT2D eigenvalue weighted by Crippen LogP contribution is 2.28. The average Bonchev–Trinajstić information content (AvgIpc) is 2.50. The zero-order valence-corrected chi connectivity index (χ0v) is 8.08. The zero-order chi connectivity index (χ0) is 10.7. The molecule has 0 saturated heterocycles. The lowest BCUT2D eigenvalue weighted by Crippen LogP contribution is -2.23. The van der Waals surface area contributed by atoms with E-state index in [1.54, 1.807) is 13.0 Å². The Hall–Kier alpha value is -1.63. The van der Waals surface area contributed by atoms with Gasteiger partial charge >= 0.3 is 11.1 Å². The standard InChI is InChI=1S/C7H8N2O4S/c1-4(8-7(10)11)5-2-3-6(14-5)9(12)13/h2-4,8H,1H3,(H,10,11). The Morgan fingerprint density at radius 2 is 2.36 bits per heavy atom. The van der Waals surface area contributed by atoms with Gasteiger partial charge in [0.25, 0.3) is 0 Å². The van der Waals surface area contributed by atoms with E-state index in [1.165, 1.54) is 6.07 Å². The van der Waals surface area contributed by atoms with E-state index in [-0.39, 0.29) is 5.00 Å². The minimum atomic E-state index is -1.14. The number of amides is 1. The molecule has 2 N–H and O–H groups in total. The quantitative estimate of drug-likeness (QED) is 0.596. The fourth-order valence-corrected chi connectivity index (χ4v) is 1.75. The molecule has 1 unspecified atom stereocenters. The van der Waals surface area contributed by atoms with Gasteiger partial charge in [-0.25, -0.2) is 4.79 Å². The van der Waals surface area contributed by atoms with Crippen molar-refractivity contribution in [3.05, 3.63) is 27.1 Å². The molecule has 0 aromatic carbocycles. The number of rotatable bonds is 3. The molecule has 1 rings (SSSR count). The number of carbonyl (C=O) groups is 1. The van der Waals surface area contributed by atoms with Gasteiger partial charge in [-0.2, -0.15) is 0 Å². The highest BCUT2D eigenvalue weighted by Gasteiger charge is 2.15. The average molecular weight is 216 g/mol. The Morgan fingerprint density at radius 3 is 2.79 bits per heavy atom. The molecule has 1 atom stereocenters. The van der Waals surface area contributed by atoms with E-state index < -0.39 is 17.1 Å². The van der Waals surface area contributed by atoms with Crippen LogP contribution in [-0.4, -0.2) is 16.1 Å². The molecule has 0 aliphatic rings. The molecule has 0 radical (unpaired) electrons. The van der Waals surface area contributed by atoms with Crippen LogP contribution in [0.2, 0.25) is 0 Å². The van der Waals surface area contributed by atoms with Gasteiger partial charge < -0.3 is 10.4 Å². The largest absolute Gasteiger partial charge is 0.465 e. The monoisotopic (exact) mass is 216 g/mol. The lowest BCUT2D eigenvalue weighted by atomic mass is 10.3. The van der Waals surface area contributed by atoms with Gasteiger partial charge in [0, 0.05) is 10.9 Å². The second kappa shape index (κ2) is 4.05. The van der Waals surface area contributed by atoms with Gasteiger partial charge in [0.1, 0.15) is 0 Å². The minimum Gasteiger partial charge on any atom is -0.465 e. The van der Waals surface area contributed by atoms with Crippen LogP contribution < -0.4 is 5.32 Å². The summed E-state index contributed by atoms with van der Waals surface area (Å²) in [5, 5.41) is 21.0. The number of nitrogens with one attached hydrogen (secondary N) is 1. The summed E-state index contributed by atoms with van der Waals surface area (Å²) in [5.41, 5.74) is 0. The molecule has 1 amide bonds. The summed E-state index contributed by atoms with van der Waals surface area (Å²) in [6, 6.07) is 2.48. The molecule has 76 valence electrons. The van der Waals surface area contributed by atoms with Crippen molar-refractivity contribution >= 4 is 22.4 Å². The molecule has 6 nitrogen and oxygen atoms in total. The van der Waals surface area contributed by atoms with Crippen LogP contribution in [0.15, 0.2) is 12.1 Å². The van der Waals surface area contributed by atoms with Crippen LogP contribution in [0.1, 0.15) is 17.8 Å². The predicted molar refractivity (Wildman–Crippen MR) is 50.5 cm³/mol. The Kier molecular flexibility index (Phi) is 3.03. The number of nitro groups is 1. The molecule has 0 bridgehead atoms. The lowest BCUT2D eigenvalue weighted by molar-refractivity contribution is -0.380. The lowest BCUT2D eigenvalue weighted by Gasteiger charge is -2.07. The van der Waals surface area contributed by atoms with Crippen molar-refractivity contribution in [2.75, 3.05) is 0 Å². The number of thiophene rings is 1. The predicted octanol–water partition coefficient (Wildman–Crippen LogP) is 1.98. The molecule has 14 heavy (non-hydrogen) atoms. The highest BCUT2D eigenvalue weighted by atomic mass is 32.1. The van der Waals surface area contributed by atoms with Crippen molar-refractivity contribution in [3.63, 3.8) is 0 Å². The van der Waals surface area contributed by atoms with Gasteiger partial charge in [-0.15, -0.1) is 0 Å². The number of hydrogen-bond acceptors (Lipinski definition) is 4. The normalized spacial score (nSPS) is 12.1. The second-order valence-corrected chi connectivity index (χ2v) is 3.70. The van der Waals surface area contributed by atoms with E-state index in [0.29, 0.717) is 4.88 Å². The van der Waals surface area contributed by atoms with Gasteiger partial charge in [-0.3, -0.25) is 10.1 Å². The SMILES string of the molecule is CC(NC(=O)O)c1ccc([N+](=O)[O-])s1. The summed E-state index contributed by atoms with van der Waals surface area (Å²) in [5.74, 6) is 0. The Labute approximate surface area is 83.3 Å². The third-order valence-electron chi connectivity index (χ3n) is 1.56. The van der Waals surface area contributed by atoms with Crippen LogP contribution in [0.5, 0.6) is 0 Å². The van der Waals surface area contributed by atoms with E-state index in [0.717, 1.165) is 11.3 Å². The van der Waals surface area contributed by atoms with Crippen molar-refractivity contribution in [1.82, 2.24) is 5.32 Å². The van der Waals surface area contributed by atoms with E-state index >= 15 is 0 Å². The molecule has 0 aliphatic carbocycles. The Morgan fingerprint density at radius 1 is 1.71 bits per heavy atom. The van der Waals surface area contributed by atoms with E-state index in [4.69, 9.17) is 5.11 Å². The topological polar surface area (TPSA) is 92.5 Å². The fourth-order valence-electron chi connectivity index (χ4n) is 0.929. The van der Waals surface area contributed by atoms with Gasteiger partial charge in [0.05, 0.1) is 11.0 Å². The van der Waals surface area contributed by atoms with Gasteiger partial charge in [0.2, 0.25) is 0 Å². The van der Waals surface area contributed by atoms with E-state index in [2.05, 4.69) is 5.32 Å². The first-order chi connectivity index (χ1) is 6.50. The Balaban J connectivity index is 2.76. The molecule has 1 heterocycles. The maximum Gasteiger partial charge on any atom is 0.405 e. The molecule has 0 fully saturated rings. The highest BCUT2D eigenvalue weighted by molar-refractivity contribution is 7.15. The van der Waals surface area contributed by atoms with Crippen molar-refractivity contribution in [2.45, 2.75) is 13.0 Å². The first kappa shape index (κ1) is 10.5. The van der Waals surface area contributed by atoms with Crippen LogP contribution >= 0.6 is 11.3 Å². The molecule has 1 aromatic rings. The smallest absolute Gasteiger partial charge is 0.405 e. The third-order valence-corrected chi connectivity index (χ3v) is 2.78. The van der Waals surface area contributed by atoms with Gasteiger partial charge in [-0.05, 0) is 13.0 Å². The number of nitrogens with zero attached hydrogens (tertiary/aromatic N) is 1. The molecule has 0 saturated carbocycles. The summed E-state index contributed by atoms with van der Waals surface area (Å²) in [4.78, 5) is 20.7. The third kappa shape index (κ3) is 2.43. The number of hydrogen-bond donors (Lipinski definition) is 2. The summed E-state index contributed by atoms with van der Waals surface area (Å²) < 4.78 is 0. The summed E-state index contributed by atoms with van der Waals surface area (Å²) in [6.45, 7) is 1.63. The van der Waals surface area contributed by atoms with Crippen molar-refractivity contribution in [3.8, 4) is 0 Å². The number of carboxylic acid groups (broad SMARTS) is 1. The summed E-state index contributed by atoms with van der Waals surface area (Å²) in [7, 11) is 0. The zero-order valence-electron chi connectivity index (χ0n) is 7.26. The second-order valence-electron chi connectivity index (χ2n) is 2.60. The van der Waals surface area contributed by atoms with Crippen molar-refractivity contribution < 1.29 is 14.8 Å². The first-order valence-corrected chi connectivity index (χ1v) is 4.56. The van der Waals surface area contributed by atoms with Gasteiger partial charge in [-0.1, -0.05) is 11.3 Å². The van der Waals surface area contributed by atoms with Crippen LogP contribution in [-0.2, 0) is 0 Å².